The van der Waals surface area contributed by atoms with Crippen molar-refractivity contribution >= 4 is 21.8 Å². The van der Waals surface area contributed by atoms with Crippen LogP contribution in [0.3, 0.4) is 0 Å². The summed E-state index contributed by atoms with van der Waals surface area (Å²) in [6.45, 7) is 0.569. The van der Waals surface area contributed by atoms with E-state index in [1.165, 1.54) is 0 Å². The highest BCUT2D eigenvalue weighted by molar-refractivity contribution is 9.10. The van der Waals surface area contributed by atoms with Crippen LogP contribution in [0.1, 0.15) is 12.0 Å². The van der Waals surface area contributed by atoms with Gasteiger partial charge < -0.3 is 10.1 Å². The van der Waals surface area contributed by atoms with E-state index in [9.17, 15) is 4.79 Å². The number of methoxy groups -OCH3 is 1. The van der Waals surface area contributed by atoms with Gasteiger partial charge in [-0.1, -0.05) is 28.1 Å². The maximum absolute atomic E-state index is 12.0. The maximum Gasteiger partial charge on any atom is 0.224 e. The molecule has 19 heavy (non-hydrogen) atoms. The second-order valence-electron chi connectivity index (χ2n) is 4.19. The minimum atomic E-state index is -0.178. The molecule has 102 valence electrons. The summed E-state index contributed by atoms with van der Waals surface area (Å²) in [5.41, 5.74) is 1.09. The molecule has 1 N–H and O–H groups in total. The number of hydrogen-bond acceptors (Lipinski definition) is 3. The van der Waals surface area contributed by atoms with Crippen LogP contribution in [-0.4, -0.2) is 26.2 Å². The van der Waals surface area contributed by atoms with Gasteiger partial charge in [0.2, 0.25) is 5.91 Å². The van der Waals surface area contributed by atoms with Crippen LogP contribution in [0.2, 0.25) is 0 Å². The molecule has 1 atom stereocenters. The third-order valence-corrected chi connectivity index (χ3v) is 3.25. The predicted molar refractivity (Wildman–Crippen MR) is 76.5 cm³/mol. The molecule has 0 aliphatic heterocycles. The Balaban J connectivity index is 2.68. The summed E-state index contributed by atoms with van der Waals surface area (Å²) >= 11 is 3.42. The summed E-state index contributed by atoms with van der Waals surface area (Å²) < 4.78 is 6.03. The van der Waals surface area contributed by atoms with Gasteiger partial charge in [0, 0.05) is 24.1 Å². The van der Waals surface area contributed by atoms with Gasteiger partial charge >= 0.3 is 0 Å². The Kier molecular flexibility index (Phi) is 7.16. The molecule has 0 aliphatic rings. The molecule has 5 heteroatoms. The van der Waals surface area contributed by atoms with Crippen LogP contribution in [-0.2, 0) is 16.0 Å². The molecule has 1 aromatic carbocycles. The van der Waals surface area contributed by atoms with E-state index in [4.69, 9.17) is 10.00 Å². The van der Waals surface area contributed by atoms with Crippen LogP contribution in [0.15, 0.2) is 28.7 Å². The zero-order valence-electron chi connectivity index (χ0n) is 10.9. The average molecular weight is 325 g/mol. The van der Waals surface area contributed by atoms with E-state index in [2.05, 4.69) is 21.2 Å². The standard InChI is InChI=1S/C14H17BrN2O2/c1-19-8-5-12(14(18)17-7-6-16)9-11-3-2-4-13(15)10-11/h2-4,10,12H,5,7-9H2,1H3,(H,17,18)/t12-/m1/s1. The number of nitrogens with one attached hydrogen (secondary N) is 1. The van der Waals surface area contributed by atoms with Crippen molar-refractivity contribution in [3.8, 4) is 6.07 Å². The van der Waals surface area contributed by atoms with Gasteiger partial charge in [-0.05, 0) is 30.5 Å². The van der Waals surface area contributed by atoms with Crippen molar-refractivity contribution in [2.45, 2.75) is 12.8 Å². The lowest BCUT2D eigenvalue weighted by molar-refractivity contribution is -0.125. The molecule has 1 aromatic rings. The molecule has 0 spiro atoms. The third-order valence-electron chi connectivity index (χ3n) is 2.75. The molecular weight excluding hydrogens is 308 g/mol. The molecular formula is C14H17BrN2O2. The van der Waals surface area contributed by atoms with Crippen molar-refractivity contribution in [3.63, 3.8) is 0 Å². The number of carbonyl (C=O) groups excluding carboxylic acids is 1. The smallest absolute Gasteiger partial charge is 0.224 e. The zero-order valence-corrected chi connectivity index (χ0v) is 12.4. The summed E-state index contributed by atoms with van der Waals surface area (Å²) in [6, 6.07) is 9.79. The first kappa shape index (κ1) is 15.7. The molecule has 0 heterocycles. The second kappa shape index (κ2) is 8.68. The first-order chi connectivity index (χ1) is 9.17. The van der Waals surface area contributed by atoms with Crippen molar-refractivity contribution in [2.75, 3.05) is 20.3 Å². The van der Waals surface area contributed by atoms with Crippen LogP contribution in [0.25, 0.3) is 0 Å². The maximum atomic E-state index is 12.0. The lowest BCUT2D eigenvalue weighted by Gasteiger charge is -2.15. The van der Waals surface area contributed by atoms with Crippen LogP contribution in [0.4, 0.5) is 0 Å². The molecule has 0 radical (unpaired) electrons. The molecule has 0 aliphatic carbocycles. The van der Waals surface area contributed by atoms with Crippen molar-refractivity contribution in [2.24, 2.45) is 5.92 Å². The molecule has 0 saturated carbocycles. The normalized spacial score (nSPS) is 11.6. The summed E-state index contributed by atoms with van der Waals surface area (Å²) in [7, 11) is 1.61. The van der Waals surface area contributed by atoms with Crippen LogP contribution >= 0.6 is 15.9 Å². The Bertz CT molecular complexity index is 457. The predicted octanol–water partition coefficient (Wildman–Crippen LogP) is 2.28. The summed E-state index contributed by atoms with van der Waals surface area (Å²) in [5, 5.41) is 11.1. The molecule has 0 aromatic heterocycles. The van der Waals surface area contributed by atoms with Gasteiger partial charge in [0.15, 0.2) is 0 Å². The van der Waals surface area contributed by atoms with Crippen LogP contribution in [0, 0.1) is 17.2 Å². The van der Waals surface area contributed by atoms with Crippen LogP contribution in [0.5, 0.6) is 0 Å². The van der Waals surface area contributed by atoms with Crippen molar-refractivity contribution in [1.29, 1.82) is 5.26 Å². The van der Waals surface area contributed by atoms with E-state index in [-0.39, 0.29) is 18.4 Å². The minimum absolute atomic E-state index is 0.0425. The number of nitriles is 1. The van der Waals surface area contributed by atoms with Gasteiger partial charge in [0.25, 0.3) is 0 Å². The Morgan fingerprint density at radius 3 is 3.00 bits per heavy atom. The topological polar surface area (TPSA) is 62.1 Å². The highest BCUT2D eigenvalue weighted by Gasteiger charge is 2.18. The summed E-state index contributed by atoms with van der Waals surface area (Å²) in [6.07, 6.45) is 1.28. The van der Waals surface area contributed by atoms with Crippen molar-refractivity contribution in [3.05, 3.63) is 34.3 Å². The number of benzene rings is 1. The van der Waals surface area contributed by atoms with Crippen molar-refractivity contribution in [1.82, 2.24) is 5.32 Å². The Labute approximate surface area is 121 Å². The SMILES string of the molecule is COCC[C@H](Cc1cccc(Br)c1)C(=O)NCC#N. The average Bonchev–Trinajstić information content (AvgIpc) is 2.40. The number of hydrogen-bond donors (Lipinski definition) is 1. The van der Waals surface area contributed by atoms with E-state index >= 15 is 0 Å². The molecule has 4 nitrogen and oxygen atoms in total. The van der Waals surface area contributed by atoms with Crippen LogP contribution < -0.4 is 5.32 Å². The van der Waals surface area contributed by atoms with Gasteiger partial charge in [-0.2, -0.15) is 5.26 Å². The fourth-order valence-corrected chi connectivity index (χ4v) is 2.25. The Hall–Kier alpha value is -1.38. The minimum Gasteiger partial charge on any atom is -0.385 e. The number of ether oxygens (including phenoxy) is 1. The number of halogens is 1. The molecule has 1 rings (SSSR count). The molecule has 0 unspecified atom stereocenters. The largest absolute Gasteiger partial charge is 0.385 e. The summed E-state index contributed by atoms with van der Waals surface area (Å²) in [4.78, 5) is 12.0. The number of amides is 1. The van der Waals surface area contributed by atoms with Gasteiger partial charge in [-0.3, -0.25) is 4.79 Å². The first-order valence-electron chi connectivity index (χ1n) is 6.05. The second-order valence-corrected chi connectivity index (χ2v) is 5.10. The Morgan fingerprint density at radius 2 is 2.37 bits per heavy atom. The van der Waals surface area contributed by atoms with E-state index in [1.807, 2.05) is 30.3 Å². The van der Waals surface area contributed by atoms with Gasteiger partial charge in [-0.15, -0.1) is 0 Å². The first-order valence-corrected chi connectivity index (χ1v) is 6.84. The van der Waals surface area contributed by atoms with Gasteiger partial charge in [0.1, 0.15) is 6.54 Å². The lowest BCUT2D eigenvalue weighted by atomic mass is 9.95. The fraction of sp³-hybridized carbons (Fsp3) is 0.429. The van der Waals surface area contributed by atoms with Crippen molar-refractivity contribution < 1.29 is 9.53 Å². The highest BCUT2D eigenvalue weighted by atomic mass is 79.9. The lowest BCUT2D eigenvalue weighted by Crippen LogP contribution is -2.32. The highest BCUT2D eigenvalue weighted by Crippen LogP contribution is 2.17. The zero-order chi connectivity index (χ0) is 14.1. The molecule has 0 saturated heterocycles. The third kappa shape index (κ3) is 5.86. The van der Waals surface area contributed by atoms with E-state index < -0.39 is 0 Å². The van der Waals surface area contributed by atoms with Gasteiger partial charge in [0.05, 0.1) is 6.07 Å². The Morgan fingerprint density at radius 1 is 1.58 bits per heavy atom. The van der Waals surface area contributed by atoms with Gasteiger partial charge in [-0.25, -0.2) is 0 Å². The number of nitrogens with zero attached hydrogens (tertiary/aromatic N) is 1. The monoisotopic (exact) mass is 324 g/mol. The quantitative estimate of drug-likeness (QED) is 0.783. The molecule has 0 fully saturated rings. The molecule has 0 bridgehead atoms. The molecule has 1 amide bonds. The van der Waals surface area contributed by atoms with E-state index in [0.717, 1.165) is 10.0 Å². The van der Waals surface area contributed by atoms with E-state index in [0.29, 0.717) is 19.4 Å². The number of carbonyl (C=O) groups is 1. The van der Waals surface area contributed by atoms with E-state index in [1.54, 1.807) is 7.11 Å². The fourth-order valence-electron chi connectivity index (χ4n) is 1.81. The summed E-state index contributed by atoms with van der Waals surface area (Å²) in [5.74, 6) is -0.277. The number of rotatable bonds is 7.